The van der Waals surface area contributed by atoms with Gasteiger partial charge in [0.2, 0.25) is 5.89 Å². The summed E-state index contributed by atoms with van der Waals surface area (Å²) in [7, 11) is 1.67. The van der Waals surface area contributed by atoms with E-state index in [-0.39, 0.29) is 0 Å². The summed E-state index contributed by atoms with van der Waals surface area (Å²) in [5, 5.41) is 7.48. The third-order valence-corrected chi connectivity index (χ3v) is 3.79. The van der Waals surface area contributed by atoms with Crippen molar-refractivity contribution in [3.8, 4) is 0 Å². The summed E-state index contributed by atoms with van der Waals surface area (Å²) in [6.07, 6.45) is 5.79. The predicted octanol–water partition coefficient (Wildman–Crippen LogP) is 2.32. The molecule has 5 nitrogen and oxygen atoms in total. The van der Waals surface area contributed by atoms with Crippen molar-refractivity contribution in [1.82, 2.24) is 15.5 Å². The highest BCUT2D eigenvalue weighted by molar-refractivity contribution is 4.88. The number of hydrogen-bond donors (Lipinski definition) is 1. The number of ether oxygens (including phenoxy) is 1. The lowest BCUT2D eigenvalue weighted by atomic mass is 9.75. The fraction of sp³-hybridized carbons (Fsp3) is 0.857. The van der Waals surface area contributed by atoms with E-state index in [4.69, 9.17) is 9.26 Å². The normalized spacial score (nSPS) is 22.6. The van der Waals surface area contributed by atoms with Gasteiger partial charge in [-0.2, -0.15) is 4.98 Å². The zero-order chi connectivity index (χ0) is 13.7. The van der Waals surface area contributed by atoms with Crippen LogP contribution in [0.1, 0.15) is 51.2 Å². The SMILES string of the molecule is COCCc1noc(CN[C@@H]2CCCC(C)(C)C2)n1. The average molecular weight is 267 g/mol. The summed E-state index contributed by atoms with van der Waals surface area (Å²) in [6.45, 7) is 5.98. The van der Waals surface area contributed by atoms with Crippen LogP contribution in [0.5, 0.6) is 0 Å². The van der Waals surface area contributed by atoms with E-state index >= 15 is 0 Å². The fourth-order valence-corrected chi connectivity index (χ4v) is 2.76. The first-order chi connectivity index (χ1) is 9.09. The summed E-state index contributed by atoms with van der Waals surface area (Å²) in [5.41, 5.74) is 0.453. The summed E-state index contributed by atoms with van der Waals surface area (Å²) in [5.74, 6) is 1.40. The third kappa shape index (κ3) is 4.58. The molecule has 1 aliphatic rings. The van der Waals surface area contributed by atoms with Gasteiger partial charge in [0.15, 0.2) is 5.82 Å². The average Bonchev–Trinajstić information content (AvgIpc) is 2.81. The molecule has 5 heteroatoms. The molecule has 1 aromatic heterocycles. The molecule has 19 heavy (non-hydrogen) atoms. The van der Waals surface area contributed by atoms with Crippen molar-refractivity contribution in [1.29, 1.82) is 0 Å². The van der Waals surface area contributed by atoms with Crippen molar-refractivity contribution in [2.45, 2.75) is 58.5 Å². The Kier molecular flexibility index (Phi) is 4.93. The molecule has 0 unspecified atom stereocenters. The molecule has 1 heterocycles. The maximum atomic E-state index is 5.23. The van der Waals surface area contributed by atoms with Crippen molar-refractivity contribution < 1.29 is 9.26 Å². The van der Waals surface area contributed by atoms with Gasteiger partial charge in [0.25, 0.3) is 0 Å². The largest absolute Gasteiger partial charge is 0.384 e. The lowest BCUT2D eigenvalue weighted by molar-refractivity contribution is 0.193. The summed E-state index contributed by atoms with van der Waals surface area (Å²) < 4.78 is 10.2. The molecule has 1 aromatic rings. The van der Waals surface area contributed by atoms with Crippen LogP contribution in [0.4, 0.5) is 0 Å². The first-order valence-electron chi connectivity index (χ1n) is 7.13. The van der Waals surface area contributed by atoms with Gasteiger partial charge in [0.1, 0.15) is 0 Å². The quantitative estimate of drug-likeness (QED) is 0.857. The summed E-state index contributed by atoms with van der Waals surface area (Å²) >= 11 is 0. The topological polar surface area (TPSA) is 60.2 Å². The molecule has 1 N–H and O–H groups in total. The molecule has 0 bridgehead atoms. The highest BCUT2D eigenvalue weighted by Gasteiger charge is 2.27. The Morgan fingerprint density at radius 2 is 2.32 bits per heavy atom. The number of aromatic nitrogens is 2. The number of nitrogens with one attached hydrogen (secondary N) is 1. The lowest BCUT2D eigenvalue weighted by Crippen LogP contribution is -2.36. The van der Waals surface area contributed by atoms with E-state index in [9.17, 15) is 0 Å². The van der Waals surface area contributed by atoms with E-state index in [1.54, 1.807) is 7.11 Å². The van der Waals surface area contributed by atoms with Crippen molar-refractivity contribution in [3.63, 3.8) is 0 Å². The molecule has 0 saturated heterocycles. The Bertz CT molecular complexity index is 390. The van der Waals surface area contributed by atoms with Crippen LogP contribution in [0, 0.1) is 5.41 Å². The fourth-order valence-electron chi connectivity index (χ4n) is 2.76. The molecular weight excluding hydrogens is 242 g/mol. The second-order valence-corrected chi connectivity index (χ2v) is 6.19. The Morgan fingerprint density at radius 1 is 1.47 bits per heavy atom. The molecule has 1 atom stereocenters. The zero-order valence-corrected chi connectivity index (χ0v) is 12.2. The minimum Gasteiger partial charge on any atom is -0.384 e. The Morgan fingerprint density at radius 3 is 3.05 bits per heavy atom. The van der Waals surface area contributed by atoms with Gasteiger partial charge >= 0.3 is 0 Å². The van der Waals surface area contributed by atoms with Crippen molar-refractivity contribution in [2.75, 3.05) is 13.7 Å². The summed E-state index contributed by atoms with van der Waals surface area (Å²) in [4.78, 5) is 4.35. The first kappa shape index (κ1) is 14.5. The lowest BCUT2D eigenvalue weighted by Gasteiger charge is -2.35. The third-order valence-electron chi connectivity index (χ3n) is 3.79. The second-order valence-electron chi connectivity index (χ2n) is 6.19. The second kappa shape index (κ2) is 6.48. The van der Waals surface area contributed by atoms with Gasteiger partial charge in [-0.3, -0.25) is 0 Å². The van der Waals surface area contributed by atoms with Crippen LogP contribution in [0.3, 0.4) is 0 Å². The Hall–Kier alpha value is -0.940. The van der Waals surface area contributed by atoms with Crippen LogP contribution in [0.15, 0.2) is 4.52 Å². The van der Waals surface area contributed by atoms with Crippen LogP contribution in [-0.4, -0.2) is 29.9 Å². The zero-order valence-electron chi connectivity index (χ0n) is 12.2. The maximum absolute atomic E-state index is 5.23. The smallest absolute Gasteiger partial charge is 0.240 e. The van der Waals surface area contributed by atoms with Gasteiger partial charge in [-0.25, -0.2) is 0 Å². The van der Waals surface area contributed by atoms with Crippen LogP contribution in [0.25, 0.3) is 0 Å². The standard InChI is InChI=1S/C14H25N3O2/c1-14(2)7-4-5-11(9-14)15-10-13-16-12(17-19-13)6-8-18-3/h11,15H,4-10H2,1-3H3/t11-/m1/s1. The van der Waals surface area contributed by atoms with Gasteiger partial charge < -0.3 is 14.6 Å². The van der Waals surface area contributed by atoms with Gasteiger partial charge in [-0.1, -0.05) is 25.4 Å². The highest BCUT2D eigenvalue weighted by Crippen LogP contribution is 2.35. The molecule has 0 aliphatic heterocycles. The van der Waals surface area contributed by atoms with Crippen LogP contribution in [0.2, 0.25) is 0 Å². The van der Waals surface area contributed by atoms with E-state index in [1.165, 1.54) is 25.7 Å². The Balaban J connectivity index is 1.77. The predicted molar refractivity (Wildman–Crippen MR) is 72.8 cm³/mol. The molecule has 1 fully saturated rings. The highest BCUT2D eigenvalue weighted by atomic mass is 16.5. The molecule has 108 valence electrons. The Labute approximate surface area is 115 Å². The van der Waals surface area contributed by atoms with E-state index in [1.807, 2.05) is 0 Å². The molecule has 0 spiro atoms. The van der Waals surface area contributed by atoms with Crippen LogP contribution in [-0.2, 0) is 17.7 Å². The van der Waals surface area contributed by atoms with Crippen molar-refractivity contribution >= 4 is 0 Å². The minimum absolute atomic E-state index is 0.453. The number of rotatable bonds is 6. The van der Waals surface area contributed by atoms with E-state index in [0.717, 1.165) is 5.82 Å². The van der Waals surface area contributed by atoms with Gasteiger partial charge in [0, 0.05) is 19.6 Å². The van der Waals surface area contributed by atoms with E-state index in [2.05, 4.69) is 29.3 Å². The van der Waals surface area contributed by atoms with E-state index in [0.29, 0.717) is 36.9 Å². The van der Waals surface area contributed by atoms with Crippen LogP contribution >= 0.6 is 0 Å². The van der Waals surface area contributed by atoms with Crippen molar-refractivity contribution in [2.24, 2.45) is 5.41 Å². The molecular formula is C14H25N3O2. The summed E-state index contributed by atoms with van der Waals surface area (Å²) in [6, 6.07) is 0.568. The van der Waals surface area contributed by atoms with E-state index < -0.39 is 0 Å². The molecule has 1 saturated carbocycles. The number of methoxy groups -OCH3 is 1. The number of hydrogen-bond acceptors (Lipinski definition) is 5. The maximum Gasteiger partial charge on any atom is 0.240 e. The first-order valence-corrected chi connectivity index (χ1v) is 7.13. The van der Waals surface area contributed by atoms with Crippen molar-refractivity contribution in [3.05, 3.63) is 11.7 Å². The molecule has 0 amide bonds. The minimum atomic E-state index is 0.453. The molecule has 0 radical (unpaired) electrons. The number of nitrogens with zero attached hydrogens (tertiary/aromatic N) is 2. The molecule has 1 aliphatic carbocycles. The molecule has 0 aromatic carbocycles. The van der Waals surface area contributed by atoms with Gasteiger partial charge in [-0.15, -0.1) is 0 Å². The van der Waals surface area contributed by atoms with Gasteiger partial charge in [-0.05, 0) is 24.7 Å². The van der Waals surface area contributed by atoms with Crippen LogP contribution < -0.4 is 5.32 Å². The van der Waals surface area contributed by atoms with Gasteiger partial charge in [0.05, 0.1) is 13.2 Å². The monoisotopic (exact) mass is 267 g/mol. The molecule has 2 rings (SSSR count).